The van der Waals surface area contributed by atoms with Crippen LogP contribution >= 0.6 is 11.6 Å². The standard InChI is InChI=1S/C18H16ClN3O/c1-13-16(19)8-5-9-17(13)21-18(23)10-14-11-20-22(12-14)15-6-3-2-4-7-15/h2-9,11-12H,10H2,1H3,(H,21,23). The molecule has 0 saturated heterocycles. The van der Waals surface area contributed by atoms with Crippen LogP contribution in [0.25, 0.3) is 5.69 Å². The van der Waals surface area contributed by atoms with Crippen LogP contribution in [0.2, 0.25) is 5.02 Å². The second-order valence-corrected chi connectivity index (χ2v) is 5.67. The quantitative estimate of drug-likeness (QED) is 0.787. The number of carbonyl (C=O) groups is 1. The SMILES string of the molecule is Cc1c(Cl)cccc1NC(=O)Cc1cnn(-c2ccccc2)c1. The summed E-state index contributed by atoms with van der Waals surface area (Å²) in [6.07, 6.45) is 3.83. The molecule has 5 heteroatoms. The minimum absolute atomic E-state index is 0.0945. The molecule has 0 atom stereocenters. The molecule has 4 nitrogen and oxygen atoms in total. The van der Waals surface area contributed by atoms with Crippen molar-refractivity contribution in [1.82, 2.24) is 9.78 Å². The minimum Gasteiger partial charge on any atom is -0.326 e. The van der Waals surface area contributed by atoms with E-state index in [2.05, 4.69) is 10.4 Å². The van der Waals surface area contributed by atoms with Crippen molar-refractivity contribution >= 4 is 23.2 Å². The van der Waals surface area contributed by atoms with Crippen molar-refractivity contribution in [3.8, 4) is 5.69 Å². The normalized spacial score (nSPS) is 10.5. The van der Waals surface area contributed by atoms with Crippen molar-refractivity contribution in [3.05, 3.63) is 77.1 Å². The first-order valence-electron chi connectivity index (χ1n) is 7.27. The lowest BCUT2D eigenvalue weighted by Crippen LogP contribution is -2.14. The minimum atomic E-state index is -0.0945. The summed E-state index contributed by atoms with van der Waals surface area (Å²) in [6, 6.07) is 15.2. The predicted molar refractivity (Wildman–Crippen MR) is 92.1 cm³/mol. The number of nitrogens with zero attached hydrogens (tertiary/aromatic N) is 2. The zero-order chi connectivity index (χ0) is 16.2. The molecule has 0 bridgehead atoms. The summed E-state index contributed by atoms with van der Waals surface area (Å²) in [5.41, 5.74) is 3.41. The summed E-state index contributed by atoms with van der Waals surface area (Å²) in [4.78, 5) is 12.2. The summed E-state index contributed by atoms with van der Waals surface area (Å²) < 4.78 is 1.76. The molecule has 1 heterocycles. The van der Waals surface area contributed by atoms with Gasteiger partial charge in [-0.3, -0.25) is 4.79 Å². The number of halogens is 1. The topological polar surface area (TPSA) is 46.9 Å². The van der Waals surface area contributed by atoms with Crippen LogP contribution in [-0.2, 0) is 11.2 Å². The maximum atomic E-state index is 12.2. The Hall–Kier alpha value is -2.59. The van der Waals surface area contributed by atoms with E-state index in [1.165, 1.54) is 0 Å². The Balaban J connectivity index is 1.69. The van der Waals surface area contributed by atoms with Crippen molar-refractivity contribution in [1.29, 1.82) is 0 Å². The molecule has 3 aromatic rings. The molecule has 116 valence electrons. The fourth-order valence-corrected chi connectivity index (χ4v) is 2.47. The third-order valence-electron chi connectivity index (χ3n) is 3.56. The molecule has 0 fully saturated rings. The molecule has 23 heavy (non-hydrogen) atoms. The number of hydrogen-bond donors (Lipinski definition) is 1. The molecule has 1 amide bonds. The van der Waals surface area contributed by atoms with Crippen LogP contribution in [0.3, 0.4) is 0 Å². The maximum absolute atomic E-state index is 12.2. The van der Waals surface area contributed by atoms with E-state index in [1.54, 1.807) is 16.9 Å². The Kier molecular flexibility index (Phi) is 4.44. The summed E-state index contributed by atoms with van der Waals surface area (Å²) in [6.45, 7) is 1.88. The van der Waals surface area contributed by atoms with Crippen LogP contribution in [0.15, 0.2) is 60.9 Å². The Labute approximate surface area is 139 Å². The Morgan fingerprint density at radius 2 is 1.96 bits per heavy atom. The molecule has 0 aliphatic rings. The van der Waals surface area contributed by atoms with Crippen molar-refractivity contribution in [2.24, 2.45) is 0 Å². The fourth-order valence-electron chi connectivity index (χ4n) is 2.30. The zero-order valence-corrected chi connectivity index (χ0v) is 13.4. The van der Waals surface area contributed by atoms with Gasteiger partial charge in [-0.05, 0) is 42.3 Å². The lowest BCUT2D eigenvalue weighted by Gasteiger charge is -2.08. The van der Waals surface area contributed by atoms with Gasteiger partial charge in [0.05, 0.1) is 18.3 Å². The van der Waals surface area contributed by atoms with Gasteiger partial charge in [-0.25, -0.2) is 4.68 Å². The van der Waals surface area contributed by atoms with E-state index in [0.717, 1.165) is 22.5 Å². The van der Waals surface area contributed by atoms with Gasteiger partial charge in [0.2, 0.25) is 5.91 Å². The number of rotatable bonds is 4. The number of anilines is 1. The van der Waals surface area contributed by atoms with E-state index in [1.807, 2.05) is 55.6 Å². The van der Waals surface area contributed by atoms with Crippen LogP contribution in [0.4, 0.5) is 5.69 Å². The molecule has 0 aliphatic carbocycles. The van der Waals surface area contributed by atoms with E-state index >= 15 is 0 Å². The highest BCUT2D eigenvalue weighted by Gasteiger charge is 2.09. The van der Waals surface area contributed by atoms with Gasteiger partial charge in [-0.2, -0.15) is 5.10 Å². The van der Waals surface area contributed by atoms with Gasteiger partial charge >= 0.3 is 0 Å². The van der Waals surface area contributed by atoms with Gasteiger partial charge in [0.25, 0.3) is 0 Å². The molecule has 1 N–H and O–H groups in total. The summed E-state index contributed by atoms with van der Waals surface area (Å²) in [5.74, 6) is -0.0945. The van der Waals surface area contributed by atoms with Crippen LogP contribution in [0, 0.1) is 6.92 Å². The van der Waals surface area contributed by atoms with Crippen molar-refractivity contribution in [3.63, 3.8) is 0 Å². The van der Waals surface area contributed by atoms with Gasteiger partial charge in [0, 0.05) is 16.9 Å². The monoisotopic (exact) mass is 325 g/mol. The average molecular weight is 326 g/mol. The highest BCUT2D eigenvalue weighted by molar-refractivity contribution is 6.31. The average Bonchev–Trinajstić information content (AvgIpc) is 3.01. The van der Waals surface area contributed by atoms with Crippen molar-refractivity contribution in [2.45, 2.75) is 13.3 Å². The zero-order valence-electron chi connectivity index (χ0n) is 12.7. The van der Waals surface area contributed by atoms with Gasteiger partial charge < -0.3 is 5.32 Å². The lowest BCUT2D eigenvalue weighted by atomic mass is 10.2. The number of benzene rings is 2. The number of carbonyl (C=O) groups excluding carboxylic acids is 1. The Bertz CT molecular complexity index is 827. The molecule has 1 aromatic heterocycles. The molecular weight excluding hydrogens is 310 g/mol. The van der Waals surface area contributed by atoms with Gasteiger partial charge in [-0.15, -0.1) is 0 Å². The third kappa shape index (κ3) is 3.60. The van der Waals surface area contributed by atoms with E-state index in [9.17, 15) is 4.79 Å². The van der Waals surface area contributed by atoms with Crippen LogP contribution < -0.4 is 5.32 Å². The van der Waals surface area contributed by atoms with Crippen LogP contribution in [0.1, 0.15) is 11.1 Å². The molecular formula is C18H16ClN3O. The van der Waals surface area contributed by atoms with E-state index in [-0.39, 0.29) is 12.3 Å². The van der Waals surface area contributed by atoms with Crippen molar-refractivity contribution < 1.29 is 4.79 Å². The summed E-state index contributed by atoms with van der Waals surface area (Å²) in [5, 5.41) is 7.82. The molecule has 2 aromatic carbocycles. The molecule has 0 saturated carbocycles. The second-order valence-electron chi connectivity index (χ2n) is 5.27. The number of hydrogen-bond acceptors (Lipinski definition) is 2. The van der Waals surface area contributed by atoms with E-state index < -0.39 is 0 Å². The highest BCUT2D eigenvalue weighted by Crippen LogP contribution is 2.23. The first-order valence-corrected chi connectivity index (χ1v) is 7.65. The molecule has 0 aliphatic heterocycles. The number of para-hydroxylation sites is 1. The molecule has 3 rings (SSSR count). The van der Waals surface area contributed by atoms with Gasteiger partial charge in [0.1, 0.15) is 0 Å². The van der Waals surface area contributed by atoms with Gasteiger partial charge in [0.15, 0.2) is 0 Å². The number of nitrogens with one attached hydrogen (secondary N) is 1. The Morgan fingerprint density at radius 1 is 1.17 bits per heavy atom. The van der Waals surface area contributed by atoms with Gasteiger partial charge in [-0.1, -0.05) is 35.9 Å². The number of amides is 1. The van der Waals surface area contributed by atoms with Crippen molar-refractivity contribution in [2.75, 3.05) is 5.32 Å². The first-order chi connectivity index (χ1) is 11.1. The molecule has 0 spiro atoms. The first kappa shape index (κ1) is 15.3. The van der Waals surface area contributed by atoms with E-state index in [0.29, 0.717) is 5.02 Å². The predicted octanol–water partition coefficient (Wildman–Crippen LogP) is 4.02. The number of aromatic nitrogens is 2. The molecule has 0 radical (unpaired) electrons. The smallest absolute Gasteiger partial charge is 0.228 e. The fraction of sp³-hybridized carbons (Fsp3) is 0.111. The summed E-state index contributed by atoms with van der Waals surface area (Å²) >= 11 is 6.06. The largest absolute Gasteiger partial charge is 0.326 e. The second kappa shape index (κ2) is 6.67. The van der Waals surface area contributed by atoms with Crippen LogP contribution in [-0.4, -0.2) is 15.7 Å². The highest BCUT2D eigenvalue weighted by atomic mass is 35.5. The summed E-state index contributed by atoms with van der Waals surface area (Å²) in [7, 11) is 0. The van der Waals surface area contributed by atoms with Crippen LogP contribution in [0.5, 0.6) is 0 Å². The third-order valence-corrected chi connectivity index (χ3v) is 3.97. The van der Waals surface area contributed by atoms with E-state index in [4.69, 9.17) is 11.6 Å². The molecule has 0 unspecified atom stereocenters. The Morgan fingerprint density at radius 3 is 2.74 bits per heavy atom. The lowest BCUT2D eigenvalue weighted by molar-refractivity contribution is -0.115. The maximum Gasteiger partial charge on any atom is 0.228 e.